The maximum atomic E-state index is 13.4. The molecule has 0 amide bonds. The number of carbonyl (C=O) groups excluding carboxylic acids is 1. The predicted octanol–water partition coefficient (Wildman–Crippen LogP) is 4.99. The van der Waals surface area contributed by atoms with Crippen LogP contribution >= 0.6 is 22.9 Å². The maximum absolute atomic E-state index is 13.4. The van der Waals surface area contributed by atoms with Gasteiger partial charge in [0, 0.05) is 22.6 Å². The molecule has 1 N–H and O–H groups in total. The Morgan fingerprint density at radius 3 is 2.78 bits per heavy atom. The lowest BCUT2D eigenvalue weighted by atomic mass is 9.54. The fourth-order valence-electron chi connectivity index (χ4n) is 5.94. The van der Waals surface area contributed by atoms with Crippen molar-refractivity contribution in [3.63, 3.8) is 0 Å². The first-order chi connectivity index (χ1) is 15.0. The lowest BCUT2D eigenvalue weighted by molar-refractivity contribution is -0.149. The maximum Gasteiger partial charge on any atom is 0.309 e. The fourth-order valence-corrected chi connectivity index (χ4v) is 8.71. The zero-order chi connectivity index (χ0) is 23.0. The number of halogens is 2. The number of aromatic nitrogens is 1. The summed E-state index contributed by atoms with van der Waals surface area (Å²) in [6.07, 6.45) is 2.60. The second-order valence-corrected chi connectivity index (χ2v) is 12.7. The van der Waals surface area contributed by atoms with Gasteiger partial charge >= 0.3 is 5.97 Å². The quantitative estimate of drug-likeness (QED) is 0.602. The molecule has 1 aliphatic heterocycles. The average Bonchev–Trinajstić information content (AvgIpc) is 3.23. The molecule has 10 heteroatoms. The van der Waals surface area contributed by atoms with Crippen molar-refractivity contribution >= 4 is 44.1 Å². The van der Waals surface area contributed by atoms with Crippen LogP contribution in [0.5, 0.6) is 0 Å². The van der Waals surface area contributed by atoms with Gasteiger partial charge in [-0.2, -0.15) is 0 Å². The van der Waals surface area contributed by atoms with E-state index in [0.29, 0.717) is 0 Å². The van der Waals surface area contributed by atoms with Gasteiger partial charge in [0.15, 0.2) is 5.13 Å². The Morgan fingerprint density at radius 1 is 1.31 bits per heavy atom. The Balaban J connectivity index is 1.46. The topological polar surface area (TPSA) is 85.4 Å². The van der Waals surface area contributed by atoms with E-state index in [9.17, 15) is 17.6 Å². The molecule has 2 fully saturated rings. The first-order valence-corrected chi connectivity index (χ1v) is 13.4. The zero-order valence-electron chi connectivity index (χ0n) is 17.9. The lowest BCUT2D eigenvalue weighted by Crippen LogP contribution is -2.50. The van der Waals surface area contributed by atoms with Crippen molar-refractivity contribution in [2.75, 3.05) is 4.72 Å². The number of fused-ring (bicyclic) bond motifs is 4. The molecule has 3 aliphatic rings. The monoisotopic (exact) mass is 498 g/mol. The van der Waals surface area contributed by atoms with Gasteiger partial charge in [0.05, 0.1) is 21.5 Å². The largest absolute Gasteiger partial charge is 0.461 e. The number of ether oxygens (including phenoxy) is 1. The molecular weight excluding hydrogens is 475 g/mol. The van der Waals surface area contributed by atoms with Crippen LogP contribution < -0.4 is 4.72 Å². The van der Waals surface area contributed by atoms with Crippen molar-refractivity contribution < 1.29 is 22.3 Å². The van der Waals surface area contributed by atoms with Crippen molar-refractivity contribution in [2.24, 2.45) is 23.2 Å². The van der Waals surface area contributed by atoms with Gasteiger partial charge in [-0.05, 0) is 42.9 Å². The number of rotatable bonds is 3. The van der Waals surface area contributed by atoms with Gasteiger partial charge in [-0.15, -0.1) is 11.3 Å². The Hall–Kier alpha value is -1.71. The molecule has 1 saturated carbocycles. The highest BCUT2D eigenvalue weighted by atomic mass is 35.5. The summed E-state index contributed by atoms with van der Waals surface area (Å²) in [5.74, 6) is -0.482. The summed E-state index contributed by atoms with van der Waals surface area (Å²) < 4.78 is 47.4. The van der Waals surface area contributed by atoms with E-state index in [0.717, 1.165) is 42.0 Å². The number of esters is 1. The summed E-state index contributed by atoms with van der Waals surface area (Å²) in [7, 11) is -3.96. The van der Waals surface area contributed by atoms with E-state index in [1.165, 1.54) is 17.4 Å². The van der Waals surface area contributed by atoms with Crippen LogP contribution in [0.25, 0.3) is 0 Å². The summed E-state index contributed by atoms with van der Waals surface area (Å²) in [6, 6.07) is 3.28. The molecular formula is C22H24ClFN2O4S2. The molecule has 2 heterocycles. The first kappa shape index (κ1) is 22.1. The van der Waals surface area contributed by atoms with E-state index >= 15 is 0 Å². The van der Waals surface area contributed by atoms with Crippen LogP contribution in [0.1, 0.15) is 50.1 Å². The fraction of sp³-hybridized carbons (Fsp3) is 0.545. The number of thiazole rings is 1. The van der Waals surface area contributed by atoms with E-state index in [1.54, 1.807) is 0 Å². The average molecular weight is 499 g/mol. The standard InChI is InChI=1S/C22H24ClFN2O4S2/c1-10-13-6-7-22(3)9-16-18(11(2)17(22)19(13)30-20(10)27)25-21(31-16)26-32(28,29)12-4-5-15(24)14(23)8-12/h4-5,8,10-11,13,17,19H,6-7,9H2,1-3H3,(H,25,26). The molecule has 172 valence electrons. The van der Waals surface area contributed by atoms with Crippen molar-refractivity contribution in [3.8, 4) is 0 Å². The van der Waals surface area contributed by atoms with Gasteiger partial charge in [0.25, 0.3) is 10.0 Å². The molecule has 6 unspecified atom stereocenters. The predicted molar refractivity (Wildman–Crippen MR) is 120 cm³/mol. The van der Waals surface area contributed by atoms with Gasteiger partial charge in [-0.25, -0.2) is 17.8 Å². The van der Waals surface area contributed by atoms with Crippen LogP contribution in [-0.2, 0) is 26.0 Å². The van der Waals surface area contributed by atoms with Gasteiger partial charge in [0.1, 0.15) is 11.9 Å². The van der Waals surface area contributed by atoms with Gasteiger partial charge in [-0.3, -0.25) is 9.52 Å². The molecule has 6 nitrogen and oxygen atoms in total. The third kappa shape index (κ3) is 3.35. The molecule has 1 aromatic heterocycles. The summed E-state index contributed by atoms with van der Waals surface area (Å²) in [5.41, 5.74) is 0.828. The minimum atomic E-state index is -3.96. The van der Waals surface area contributed by atoms with Crippen LogP contribution in [0, 0.1) is 29.0 Å². The van der Waals surface area contributed by atoms with E-state index in [4.69, 9.17) is 16.3 Å². The number of carbonyl (C=O) groups is 1. The highest BCUT2D eigenvalue weighted by Crippen LogP contribution is 2.59. The first-order valence-electron chi connectivity index (χ1n) is 10.7. The molecule has 0 radical (unpaired) electrons. The Kier molecular flexibility index (Phi) is 5.11. The smallest absolute Gasteiger partial charge is 0.309 e. The van der Waals surface area contributed by atoms with Crippen molar-refractivity contribution in [1.29, 1.82) is 0 Å². The Morgan fingerprint density at radius 2 is 2.06 bits per heavy atom. The number of benzene rings is 1. The van der Waals surface area contributed by atoms with E-state index in [-0.39, 0.29) is 56.2 Å². The lowest BCUT2D eigenvalue weighted by Gasteiger charge is -2.51. The number of nitrogens with one attached hydrogen (secondary N) is 1. The number of sulfonamides is 1. The van der Waals surface area contributed by atoms with Gasteiger partial charge in [0.2, 0.25) is 0 Å². The molecule has 1 saturated heterocycles. The molecule has 0 bridgehead atoms. The van der Waals surface area contributed by atoms with Gasteiger partial charge in [-0.1, -0.05) is 32.4 Å². The molecule has 6 atom stereocenters. The number of hydrogen-bond donors (Lipinski definition) is 1. The van der Waals surface area contributed by atoms with Crippen molar-refractivity contribution in [2.45, 2.75) is 57.0 Å². The minimum absolute atomic E-state index is 0.0319. The summed E-state index contributed by atoms with van der Waals surface area (Å²) in [4.78, 5) is 17.8. The number of hydrogen-bond acceptors (Lipinski definition) is 6. The minimum Gasteiger partial charge on any atom is -0.461 e. The molecule has 2 aliphatic carbocycles. The third-order valence-corrected chi connectivity index (χ3v) is 10.3. The van der Waals surface area contributed by atoms with Crippen LogP contribution in [0.4, 0.5) is 9.52 Å². The third-order valence-electron chi connectivity index (χ3n) is 7.58. The molecule has 5 rings (SSSR count). The number of anilines is 1. The van der Waals surface area contributed by atoms with E-state index in [2.05, 4.69) is 23.6 Å². The normalized spacial score (nSPS) is 33.8. The molecule has 32 heavy (non-hydrogen) atoms. The molecule has 2 aromatic rings. The number of nitrogens with zero attached hydrogens (tertiary/aromatic N) is 1. The Bertz CT molecular complexity index is 1220. The SMILES string of the molecule is CC1C(=O)OC2C1CCC1(C)Cc3sc(NS(=O)(=O)c4ccc(F)c(Cl)c4)nc3C(C)C21. The van der Waals surface area contributed by atoms with E-state index < -0.39 is 15.8 Å². The van der Waals surface area contributed by atoms with Gasteiger partial charge < -0.3 is 4.74 Å². The second-order valence-electron chi connectivity index (χ2n) is 9.55. The summed E-state index contributed by atoms with van der Waals surface area (Å²) in [6.45, 7) is 6.29. The Labute approximate surface area is 195 Å². The van der Waals surface area contributed by atoms with E-state index in [1.807, 2.05) is 6.92 Å². The zero-order valence-corrected chi connectivity index (χ0v) is 20.3. The van der Waals surface area contributed by atoms with Crippen LogP contribution in [0.3, 0.4) is 0 Å². The summed E-state index contributed by atoms with van der Waals surface area (Å²) >= 11 is 7.09. The highest BCUT2D eigenvalue weighted by Gasteiger charge is 2.58. The van der Waals surface area contributed by atoms with Crippen LogP contribution in [0.2, 0.25) is 5.02 Å². The van der Waals surface area contributed by atoms with Crippen molar-refractivity contribution in [1.82, 2.24) is 4.98 Å². The van der Waals surface area contributed by atoms with Crippen molar-refractivity contribution in [3.05, 3.63) is 39.6 Å². The second kappa shape index (κ2) is 7.40. The molecule has 1 aromatic carbocycles. The molecule has 0 spiro atoms. The van der Waals surface area contributed by atoms with Crippen LogP contribution in [-0.4, -0.2) is 25.5 Å². The summed E-state index contributed by atoms with van der Waals surface area (Å²) in [5, 5.41) is 0.0182. The van der Waals surface area contributed by atoms with Crippen LogP contribution in [0.15, 0.2) is 23.1 Å². The highest BCUT2D eigenvalue weighted by molar-refractivity contribution is 7.93.